The van der Waals surface area contributed by atoms with Gasteiger partial charge >= 0.3 is 35.5 Å². The van der Waals surface area contributed by atoms with Crippen LogP contribution in [0.4, 0.5) is 0 Å². The molecular weight excluding hydrogens is 201 g/mol. The number of aliphatic carboxylic acids is 1. The smallest absolute Gasteiger partial charge is 1.00 e. The van der Waals surface area contributed by atoms with Gasteiger partial charge in [-0.2, -0.15) is 0 Å². The molecule has 0 spiro atoms. The largest absolute Gasteiger partial charge is 1.00 e. The third kappa shape index (κ3) is 10.7. The van der Waals surface area contributed by atoms with E-state index in [-0.39, 0.29) is 37.0 Å². The third-order valence-corrected chi connectivity index (χ3v) is 2.18. The van der Waals surface area contributed by atoms with Gasteiger partial charge in [0.2, 0.25) is 0 Å². The van der Waals surface area contributed by atoms with Gasteiger partial charge in [0.25, 0.3) is 0 Å². The molecule has 0 aromatic carbocycles. The van der Waals surface area contributed by atoms with E-state index >= 15 is 0 Å². The summed E-state index contributed by atoms with van der Waals surface area (Å²) in [6, 6.07) is -0.369. The Balaban J connectivity index is -0.000000845. The van der Waals surface area contributed by atoms with Crippen molar-refractivity contribution >= 4 is 5.97 Å². The van der Waals surface area contributed by atoms with Crippen molar-refractivity contribution in [2.75, 3.05) is 6.54 Å². The molecule has 0 aliphatic heterocycles. The number of hydrogen-bond donors (Lipinski definition) is 2. The van der Waals surface area contributed by atoms with E-state index in [1.807, 2.05) is 13.8 Å². The van der Waals surface area contributed by atoms with Gasteiger partial charge in [0.15, 0.2) is 0 Å². The van der Waals surface area contributed by atoms with E-state index in [1.165, 1.54) is 12.8 Å². The quantitative estimate of drug-likeness (QED) is 0.428. The first-order valence-corrected chi connectivity index (χ1v) is 5.54. The predicted molar refractivity (Wildman–Crippen MR) is 59.5 cm³/mol. The molecule has 0 amide bonds. The molecule has 0 aromatic rings. The van der Waals surface area contributed by atoms with E-state index in [0.717, 1.165) is 13.0 Å². The van der Waals surface area contributed by atoms with Crippen molar-refractivity contribution in [3.8, 4) is 0 Å². The van der Waals surface area contributed by atoms with E-state index in [2.05, 4.69) is 12.2 Å². The molecule has 0 radical (unpaired) electrons. The van der Waals surface area contributed by atoms with Crippen LogP contribution in [0.25, 0.3) is 0 Å². The standard InChI is InChI=1S/C11H23NO2.Na.H/c1-4-5-6-7-12-10(11(13)14)8-9(2)3;;/h9-10,12H,4-8H2,1-3H3,(H,13,14);;/q;+1;-1. The molecule has 0 aliphatic rings. The maximum atomic E-state index is 10.8. The summed E-state index contributed by atoms with van der Waals surface area (Å²) < 4.78 is 0. The Hall–Kier alpha value is 0.430. The van der Waals surface area contributed by atoms with Crippen LogP contribution in [0.2, 0.25) is 0 Å². The van der Waals surface area contributed by atoms with Crippen LogP contribution in [0.1, 0.15) is 47.9 Å². The third-order valence-electron chi connectivity index (χ3n) is 2.18. The molecule has 4 heteroatoms. The summed E-state index contributed by atoms with van der Waals surface area (Å²) >= 11 is 0. The summed E-state index contributed by atoms with van der Waals surface area (Å²) in [5.74, 6) is -0.301. The van der Waals surface area contributed by atoms with Gasteiger partial charge in [-0.3, -0.25) is 4.79 Å². The number of carbonyl (C=O) groups is 1. The Morgan fingerprint density at radius 1 is 1.40 bits per heavy atom. The summed E-state index contributed by atoms with van der Waals surface area (Å²) in [5.41, 5.74) is 0. The minimum Gasteiger partial charge on any atom is -1.00 e. The molecule has 15 heavy (non-hydrogen) atoms. The Bertz CT molecular complexity index is 168. The zero-order valence-electron chi connectivity index (χ0n) is 11.5. The maximum absolute atomic E-state index is 10.8. The second-order valence-electron chi connectivity index (χ2n) is 4.18. The van der Waals surface area contributed by atoms with E-state index in [0.29, 0.717) is 12.3 Å². The fraction of sp³-hybridized carbons (Fsp3) is 0.909. The first-order chi connectivity index (χ1) is 6.57. The average molecular weight is 225 g/mol. The molecular formula is C11H24NNaO2. The van der Waals surface area contributed by atoms with Crippen LogP contribution < -0.4 is 34.9 Å². The molecule has 0 aromatic heterocycles. The van der Waals surface area contributed by atoms with Crippen LogP contribution in [0, 0.1) is 5.92 Å². The minimum atomic E-state index is -0.727. The number of rotatable bonds is 8. The van der Waals surface area contributed by atoms with Crippen LogP contribution >= 0.6 is 0 Å². The van der Waals surface area contributed by atoms with Crippen molar-refractivity contribution in [2.24, 2.45) is 5.92 Å². The first kappa shape index (κ1) is 17.8. The second kappa shape index (κ2) is 10.9. The number of carboxylic acids is 1. The van der Waals surface area contributed by atoms with Crippen LogP contribution in [0.15, 0.2) is 0 Å². The number of hydrogen-bond acceptors (Lipinski definition) is 2. The fourth-order valence-corrected chi connectivity index (χ4v) is 1.39. The fourth-order valence-electron chi connectivity index (χ4n) is 1.39. The van der Waals surface area contributed by atoms with Gasteiger partial charge in [-0.25, -0.2) is 0 Å². The average Bonchev–Trinajstić information content (AvgIpc) is 2.09. The second-order valence-corrected chi connectivity index (χ2v) is 4.18. The minimum absolute atomic E-state index is 0. The molecule has 0 saturated heterocycles. The first-order valence-electron chi connectivity index (χ1n) is 5.54. The van der Waals surface area contributed by atoms with Crippen LogP contribution in [0.3, 0.4) is 0 Å². The zero-order valence-corrected chi connectivity index (χ0v) is 12.5. The molecule has 1 atom stereocenters. The van der Waals surface area contributed by atoms with Gasteiger partial charge in [0, 0.05) is 0 Å². The summed E-state index contributed by atoms with van der Waals surface area (Å²) in [6.45, 7) is 7.05. The predicted octanol–water partition coefficient (Wildman–Crippen LogP) is -0.618. The summed E-state index contributed by atoms with van der Waals surface area (Å²) in [7, 11) is 0. The van der Waals surface area contributed by atoms with Crippen LogP contribution in [-0.2, 0) is 4.79 Å². The Labute approximate surface area is 117 Å². The monoisotopic (exact) mass is 225 g/mol. The molecule has 1 unspecified atom stereocenters. The number of nitrogens with one attached hydrogen (secondary N) is 1. The Kier molecular flexibility index (Phi) is 13.0. The maximum Gasteiger partial charge on any atom is 1.00 e. The normalized spacial score (nSPS) is 12.3. The van der Waals surface area contributed by atoms with Gasteiger partial charge < -0.3 is 11.8 Å². The van der Waals surface area contributed by atoms with Crippen molar-refractivity contribution in [3.63, 3.8) is 0 Å². The van der Waals surface area contributed by atoms with Crippen molar-refractivity contribution < 1.29 is 40.9 Å². The van der Waals surface area contributed by atoms with Gasteiger partial charge in [-0.1, -0.05) is 33.6 Å². The molecule has 0 saturated carbocycles. The number of carboxylic acid groups (broad SMARTS) is 1. The molecule has 86 valence electrons. The molecule has 0 fully saturated rings. The van der Waals surface area contributed by atoms with E-state index in [4.69, 9.17) is 5.11 Å². The van der Waals surface area contributed by atoms with E-state index in [9.17, 15) is 4.79 Å². The van der Waals surface area contributed by atoms with Crippen molar-refractivity contribution in [2.45, 2.75) is 52.5 Å². The zero-order chi connectivity index (χ0) is 11.0. The Morgan fingerprint density at radius 2 is 2.00 bits per heavy atom. The van der Waals surface area contributed by atoms with Crippen LogP contribution in [-0.4, -0.2) is 23.7 Å². The van der Waals surface area contributed by atoms with Gasteiger partial charge in [-0.15, -0.1) is 0 Å². The molecule has 0 heterocycles. The van der Waals surface area contributed by atoms with Gasteiger partial charge in [-0.05, 0) is 25.3 Å². The van der Waals surface area contributed by atoms with E-state index in [1.54, 1.807) is 0 Å². The van der Waals surface area contributed by atoms with Crippen molar-refractivity contribution in [1.82, 2.24) is 5.32 Å². The van der Waals surface area contributed by atoms with Gasteiger partial charge in [0.1, 0.15) is 6.04 Å². The van der Waals surface area contributed by atoms with Crippen LogP contribution in [0.5, 0.6) is 0 Å². The number of unbranched alkanes of at least 4 members (excludes halogenated alkanes) is 2. The topological polar surface area (TPSA) is 49.3 Å². The summed E-state index contributed by atoms with van der Waals surface area (Å²) in [5, 5.41) is 12.0. The molecule has 3 nitrogen and oxygen atoms in total. The Morgan fingerprint density at radius 3 is 2.40 bits per heavy atom. The summed E-state index contributed by atoms with van der Waals surface area (Å²) in [4.78, 5) is 10.8. The SMILES string of the molecule is CCCCCNC(CC(C)C)C(=O)O.[H-].[Na+]. The van der Waals surface area contributed by atoms with Crippen molar-refractivity contribution in [1.29, 1.82) is 0 Å². The molecule has 2 N–H and O–H groups in total. The summed E-state index contributed by atoms with van der Waals surface area (Å²) in [6.07, 6.45) is 4.12. The van der Waals surface area contributed by atoms with Crippen molar-refractivity contribution in [3.05, 3.63) is 0 Å². The molecule has 0 aliphatic carbocycles. The molecule has 0 rings (SSSR count). The van der Waals surface area contributed by atoms with Gasteiger partial charge in [0.05, 0.1) is 0 Å². The molecule has 0 bridgehead atoms. The van der Waals surface area contributed by atoms with E-state index < -0.39 is 5.97 Å².